The number of ether oxygens (including phenoxy) is 2. The van der Waals surface area contributed by atoms with Crippen LogP contribution in [0.15, 0.2) is 27.8 Å². The predicted octanol–water partition coefficient (Wildman–Crippen LogP) is 2.66. The summed E-state index contributed by atoms with van der Waals surface area (Å²) in [4.78, 5) is 47.0. The van der Waals surface area contributed by atoms with Crippen LogP contribution in [0.5, 0.6) is 0 Å². The first-order valence-corrected chi connectivity index (χ1v) is 11.5. The third kappa shape index (κ3) is 5.78. The molecule has 2 amide bonds. The highest BCUT2D eigenvalue weighted by Crippen LogP contribution is 2.25. The molecular formula is C21H26N4O6S. The molecule has 1 N–H and O–H groups in total. The molecule has 2 aromatic rings. The van der Waals surface area contributed by atoms with Crippen LogP contribution in [0.3, 0.4) is 0 Å². The summed E-state index contributed by atoms with van der Waals surface area (Å²) in [5.41, 5.74) is 0.663. The maximum Gasteiger partial charge on any atom is 0.409 e. The number of nitrogens with one attached hydrogen (secondary N) is 1. The number of nitrogens with zero attached hydrogens (tertiary/aromatic N) is 3. The first-order chi connectivity index (χ1) is 15.4. The van der Waals surface area contributed by atoms with Gasteiger partial charge in [0.25, 0.3) is 5.91 Å². The van der Waals surface area contributed by atoms with E-state index in [9.17, 15) is 14.4 Å². The van der Waals surface area contributed by atoms with Crippen molar-refractivity contribution in [1.29, 1.82) is 0 Å². The van der Waals surface area contributed by atoms with Crippen molar-refractivity contribution in [3.63, 3.8) is 0 Å². The highest BCUT2D eigenvalue weighted by molar-refractivity contribution is 7.98. The van der Waals surface area contributed by atoms with E-state index in [0.717, 1.165) is 0 Å². The molecule has 0 saturated carbocycles. The van der Waals surface area contributed by atoms with Crippen LogP contribution in [0, 0.1) is 6.92 Å². The average Bonchev–Trinajstić information content (AvgIpc) is 3.32. The van der Waals surface area contributed by atoms with E-state index < -0.39 is 18.5 Å². The van der Waals surface area contributed by atoms with Crippen LogP contribution in [0.25, 0.3) is 11.6 Å². The summed E-state index contributed by atoms with van der Waals surface area (Å²) >= 11 is 1.28. The Labute approximate surface area is 190 Å². The molecule has 0 unspecified atom stereocenters. The van der Waals surface area contributed by atoms with E-state index in [2.05, 4.69) is 15.3 Å². The van der Waals surface area contributed by atoms with Crippen LogP contribution in [-0.2, 0) is 14.3 Å². The summed E-state index contributed by atoms with van der Waals surface area (Å²) in [6, 6.07) is 3.37. The molecule has 10 nitrogen and oxygen atoms in total. The van der Waals surface area contributed by atoms with Crippen molar-refractivity contribution in [2.24, 2.45) is 0 Å². The number of esters is 1. The van der Waals surface area contributed by atoms with Crippen LogP contribution in [0.1, 0.15) is 35.8 Å². The lowest BCUT2D eigenvalue weighted by Crippen LogP contribution is -2.47. The van der Waals surface area contributed by atoms with Crippen molar-refractivity contribution < 1.29 is 28.3 Å². The van der Waals surface area contributed by atoms with E-state index in [1.54, 1.807) is 37.1 Å². The van der Waals surface area contributed by atoms with Gasteiger partial charge < -0.3 is 24.1 Å². The number of hydrogen-bond acceptors (Lipinski definition) is 9. The van der Waals surface area contributed by atoms with Crippen LogP contribution in [-0.4, -0.2) is 71.4 Å². The Morgan fingerprint density at radius 3 is 2.62 bits per heavy atom. The zero-order chi connectivity index (χ0) is 23.1. The minimum absolute atomic E-state index is 0.0914. The second-order valence-corrected chi connectivity index (χ2v) is 7.89. The fourth-order valence-corrected chi connectivity index (χ4v) is 3.95. The Bertz CT molecular complexity index is 957. The van der Waals surface area contributed by atoms with Gasteiger partial charge in [-0.2, -0.15) is 0 Å². The minimum Gasteiger partial charge on any atom is -0.461 e. The monoisotopic (exact) mass is 462 g/mol. The van der Waals surface area contributed by atoms with Crippen molar-refractivity contribution in [1.82, 2.24) is 20.2 Å². The summed E-state index contributed by atoms with van der Waals surface area (Å²) in [6.07, 6.45) is 4.19. The molecule has 32 heavy (non-hydrogen) atoms. The fourth-order valence-electron chi connectivity index (χ4n) is 3.34. The quantitative estimate of drug-likeness (QED) is 0.376. The van der Waals surface area contributed by atoms with Gasteiger partial charge in [-0.05, 0) is 45.1 Å². The number of carbonyl (C=O) groups excluding carboxylic acids is 3. The van der Waals surface area contributed by atoms with Crippen LogP contribution in [0.2, 0.25) is 0 Å². The van der Waals surface area contributed by atoms with Gasteiger partial charge in [-0.3, -0.25) is 4.79 Å². The number of furan rings is 1. The van der Waals surface area contributed by atoms with Gasteiger partial charge in [-0.1, -0.05) is 0 Å². The van der Waals surface area contributed by atoms with Crippen LogP contribution < -0.4 is 5.32 Å². The third-order valence-electron chi connectivity index (χ3n) is 4.92. The van der Waals surface area contributed by atoms with E-state index in [-0.39, 0.29) is 17.7 Å². The topological polar surface area (TPSA) is 124 Å². The van der Waals surface area contributed by atoms with Gasteiger partial charge in [0.15, 0.2) is 18.2 Å². The third-order valence-corrected chi connectivity index (χ3v) is 5.60. The molecule has 0 aliphatic carbocycles. The molecule has 1 aliphatic rings. The summed E-state index contributed by atoms with van der Waals surface area (Å²) in [5.74, 6) is -0.188. The molecule has 0 bridgehead atoms. The predicted molar refractivity (Wildman–Crippen MR) is 116 cm³/mol. The first kappa shape index (κ1) is 23.6. The van der Waals surface area contributed by atoms with E-state index in [1.165, 1.54) is 18.0 Å². The number of thioether (sulfide) groups is 1. The number of aryl methyl sites for hydroxylation is 1. The van der Waals surface area contributed by atoms with Gasteiger partial charge in [-0.15, -0.1) is 11.8 Å². The molecule has 0 aromatic carbocycles. The van der Waals surface area contributed by atoms with E-state index in [0.29, 0.717) is 54.8 Å². The lowest BCUT2D eigenvalue weighted by atomic mass is 10.1. The average molecular weight is 463 g/mol. The maximum atomic E-state index is 12.6. The second kappa shape index (κ2) is 11.0. The van der Waals surface area contributed by atoms with E-state index >= 15 is 0 Å². The lowest BCUT2D eigenvalue weighted by Gasteiger charge is -2.31. The Kier molecular flexibility index (Phi) is 8.09. The molecule has 0 atom stereocenters. The number of rotatable bonds is 7. The largest absolute Gasteiger partial charge is 0.461 e. The molecule has 1 fully saturated rings. The number of likely N-dealkylation sites (tertiary alicyclic amines) is 1. The second-order valence-electron chi connectivity index (χ2n) is 7.10. The van der Waals surface area contributed by atoms with E-state index in [1.807, 2.05) is 0 Å². The van der Waals surface area contributed by atoms with Crippen molar-refractivity contribution in [3.8, 4) is 11.6 Å². The number of amides is 2. The number of aromatic nitrogens is 2. The lowest BCUT2D eigenvalue weighted by molar-refractivity contribution is -0.125. The van der Waals surface area contributed by atoms with Crippen molar-refractivity contribution in [2.75, 3.05) is 32.6 Å². The molecular weight excluding hydrogens is 436 g/mol. The highest BCUT2D eigenvalue weighted by Gasteiger charge is 2.26. The van der Waals surface area contributed by atoms with E-state index in [4.69, 9.17) is 13.9 Å². The molecule has 0 spiro atoms. The van der Waals surface area contributed by atoms with Gasteiger partial charge in [0.2, 0.25) is 0 Å². The maximum absolute atomic E-state index is 12.6. The van der Waals surface area contributed by atoms with Crippen molar-refractivity contribution >= 4 is 29.7 Å². The summed E-state index contributed by atoms with van der Waals surface area (Å²) in [7, 11) is 0. The van der Waals surface area contributed by atoms with Crippen LogP contribution in [0.4, 0.5) is 4.79 Å². The van der Waals surface area contributed by atoms with Gasteiger partial charge >= 0.3 is 12.1 Å². The summed E-state index contributed by atoms with van der Waals surface area (Å²) < 4.78 is 15.5. The van der Waals surface area contributed by atoms with Crippen molar-refractivity contribution in [3.05, 3.63) is 29.7 Å². The highest BCUT2D eigenvalue weighted by atomic mass is 32.2. The molecule has 3 heterocycles. The first-order valence-electron chi connectivity index (χ1n) is 10.3. The van der Waals surface area contributed by atoms with Gasteiger partial charge in [0.05, 0.1) is 18.6 Å². The fraction of sp³-hybridized carbons (Fsp3) is 0.476. The molecule has 3 rings (SSSR count). The van der Waals surface area contributed by atoms with Gasteiger partial charge in [-0.25, -0.2) is 19.6 Å². The Balaban J connectivity index is 1.53. The Morgan fingerprint density at radius 2 is 2.00 bits per heavy atom. The molecule has 11 heteroatoms. The normalized spacial score (nSPS) is 14.2. The van der Waals surface area contributed by atoms with Gasteiger partial charge in [0, 0.05) is 19.1 Å². The molecule has 2 aromatic heterocycles. The number of carbonyl (C=O) groups is 3. The summed E-state index contributed by atoms with van der Waals surface area (Å²) in [5, 5.41) is 3.29. The van der Waals surface area contributed by atoms with Gasteiger partial charge in [0.1, 0.15) is 10.6 Å². The minimum atomic E-state index is -0.662. The smallest absolute Gasteiger partial charge is 0.409 e. The Morgan fingerprint density at radius 1 is 1.25 bits per heavy atom. The molecule has 172 valence electrons. The summed E-state index contributed by atoms with van der Waals surface area (Å²) in [6.45, 7) is 4.36. The SMILES string of the molecule is CCOC(=O)N1CCC(NC(=O)COC(=O)c2c(C)nc(-c3ccco3)nc2SC)CC1. The number of piperidine rings is 1. The zero-order valence-corrected chi connectivity index (χ0v) is 19.1. The number of hydrogen-bond donors (Lipinski definition) is 1. The Hall–Kier alpha value is -3.08. The van der Waals surface area contributed by atoms with Crippen LogP contribution >= 0.6 is 11.8 Å². The molecule has 0 radical (unpaired) electrons. The molecule has 1 aliphatic heterocycles. The standard InChI is InChI=1S/C21H26N4O6S/c1-4-29-21(28)25-9-7-14(8-10-25)23-16(26)12-31-20(27)17-13(2)22-18(24-19(17)32-3)15-6-5-11-30-15/h5-6,11,14H,4,7-10,12H2,1-3H3,(H,23,26). The molecule has 1 saturated heterocycles. The zero-order valence-electron chi connectivity index (χ0n) is 18.3. The van der Waals surface area contributed by atoms with Crippen molar-refractivity contribution in [2.45, 2.75) is 37.8 Å².